The zero-order valence-corrected chi connectivity index (χ0v) is 27.7. The van der Waals surface area contributed by atoms with Crippen LogP contribution in [0.25, 0.3) is 0 Å². The molecule has 48 heavy (non-hydrogen) atoms. The molecule has 12 nitrogen and oxygen atoms in total. The van der Waals surface area contributed by atoms with Gasteiger partial charge in [-0.15, -0.1) is 0 Å². The lowest BCUT2D eigenvalue weighted by atomic mass is 9.98. The second-order valence-corrected chi connectivity index (χ2v) is 12.5. The summed E-state index contributed by atoms with van der Waals surface area (Å²) in [5.41, 5.74) is -3.35. The molecule has 15 heteroatoms. The first kappa shape index (κ1) is 37.4. The number of likely N-dealkylation sites (N-methyl/N-ethyl adjacent to an activating group) is 1. The number of carbonyl (C=O) groups is 4. The number of aliphatic imine (C=N–C) groups is 1. The molecule has 0 aliphatic heterocycles. The van der Waals surface area contributed by atoms with Crippen molar-refractivity contribution in [3.05, 3.63) is 83.8 Å². The molecule has 3 aromatic rings. The first-order valence-corrected chi connectivity index (χ1v) is 14.8. The first-order valence-electron chi connectivity index (χ1n) is 14.8. The maximum absolute atomic E-state index is 13.9. The number of ether oxygens (including phenoxy) is 2. The van der Waals surface area contributed by atoms with E-state index in [0.717, 1.165) is 27.4 Å². The summed E-state index contributed by atoms with van der Waals surface area (Å²) in [7, 11) is 2.80. The van der Waals surface area contributed by atoms with E-state index in [1.54, 1.807) is 45.0 Å². The van der Waals surface area contributed by atoms with Gasteiger partial charge in [-0.05, 0) is 51.8 Å². The van der Waals surface area contributed by atoms with Gasteiger partial charge < -0.3 is 29.6 Å². The Morgan fingerprint density at radius 1 is 0.958 bits per heavy atom. The molecule has 1 heterocycles. The number of nitrogens with one attached hydrogen (secondary N) is 2. The zero-order valence-electron chi connectivity index (χ0n) is 27.7. The molecule has 1 aromatic heterocycles. The fourth-order valence-electron chi connectivity index (χ4n) is 4.25. The van der Waals surface area contributed by atoms with Crippen LogP contribution in [-0.2, 0) is 36.6 Å². The number of nitrogens with zero attached hydrogens (tertiary/aromatic N) is 4. The summed E-state index contributed by atoms with van der Waals surface area (Å²) in [6.45, 7) is 7.36. The van der Waals surface area contributed by atoms with Crippen LogP contribution in [0.1, 0.15) is 57.4 Å². The van der Waals surface area contributed by atoms with Gasteiger partial charge in [0.1, 0.15) is 22.9 Å². The highest BCUT2D eigenvalue weighted by Crippen LogP contribution is 2.36. The summed E-state index contributed by atoms with van der Waals surface area (Å²) in [4.78, 5) is 61.4. The monoisotopic (exact) mass is 672 g/mol. The van der Waals surface area contributed by atoms with E-state index in [4.69, 9.17) is 9.47 Å². The molecule has 0 aliphatic rings. The molecule has 2 aromatic carbocycles. The lowest BCUT2D eigenvalue weighted by molar-refractivity contribution is -0.139. The van der Waals surface area contributed by atoms with Crippen LogP contribution in [-0.4, -0.2) is 75.8 Å². The number of hydrogen-bond donors (Lipinski definition) is 2. The smallest absolute Gasteiger partial charge is 0.416 e. The molecule has 0 aliphatic carbocycles. The van der Waals surface area contributed by atoms with Crippen LogP contribution in [0.2, 0.25) is 0 Å². The summed E-state index contributed by atoms with van der Waals surface area (Å²) in [5.74, 6) is -2.63. The number of halogens is 3. The van der Waals surface area contributed by atoms with Crippen molar-refractivity contribution in [3.63, 3.8) is 0 Å². The first-order chi connectivity index (χ1) is 22.3. The fraction of sp³-hybridized carbons (Fsp3) is 0.394. The van der Waals surface area contributed by atoms with E-state index in [-0.39, 0.29) is 23.7 Å². The fourth-order valence-corrected chi connectivity index (χ4v) is 4.25. The molecule has 1 atom stereocenters. The van der Waals surface area contributed by atoms with Crippen molar-refractivity contribution in [1.29, 1.82) is 0 Å². The van der Waals surface area contributed by atoms with Crippen LogP contribution in [0.5, 0.6) is 0 Å². The molecule has 1 unspecified atom stereocenters. The van der Waals surface area contributed by atoms with E-state index in [1.165, 1.54) is 52.3 Å². The van der Waals surface area contributed by atoms with Crippen molar-refractivity contribution in [3.8, 4) is 0 Å². The number of anilines is 1. The third-order valence-electron chi connectivity index (χ3n) is 6.57. The normalized spacial score (nSPS) is 13.0. The third-order valence-corrected chi connectivity index (χ3v) is 6.57. The Morgan fingerprint density at radius 2 is 1.58 bits per heavy atom. The Bertz CT molecular complexity index is 1640. The summed E-state index contributed by atoms with van der Waals surface area (Å²) in [6, 6.07) is 12.2. The lowest BCUT2D eigenvalue weighted by Gasteiger charge is -2.26. The standard InChI is InChI=1S/C33H39F3N6O6/c1-31(2,3)48-30(46)40-32(4,5)29(45)38-24(19-47-18-21-13-9-8-10-14-21)27(43)39-25-17-42(20-37-25)26(28(44)41(6)7)22-15-11-12-16-23(22)33(34,35)36/h8-17,20,26H,18-19H2,1-7H3,(H,39,43)(H,40,46). The molecule has 2 N–H and O–H groups in total. The third kappa shape index (κ3) is 10.5. The quantitative estimate of drug-likeness (QED) is 0.273. The van der Waals surface area contributed by atoms with Crippen molar-refractivity contribution in [2.75, 3.05) is 26.0 Å². The topological polar surface area (TPSA) is 144 Å². The number of alkyl halides is 3. The summed E-state index contributed by atoms with van der Waals surface area (Å²) >= 11 is 0. The number of rotatable bonds is 11. The number of imidazole rings is 1. The average Bonchev–Trinajstić information content (AvgIpc) is 3.43. The molecule has 4 amide bonds. The van der Waals surface area contributed by atoms with Crippen molar-refractivity contribution in [1.82, 2.24) is 19.8 Å². The van der Waals surface area contributed by atoms with Gasteiger partial charge in [0.05, 0.1) is 25.1 Å². The number of alkyl carbamates (subject to hydrolysis) is 1. The Kier molecular flexibility index (Phi) is 11.9. The Hall–Kier alpha value is -5.05. The predicted molar refractivity (Wildman–Crippen MR) is 171 cm³/mol. The van der Waals surface area contributed by atoms with Gasteiger partial charge in [-0.3, -0.25) is 14.4 Å². The molecular weight excluding hydrogens is 633 g/mol. The highest BCUT2D eigenvalue weighted by Gasteiger charge is 2.38. The van der Waals surface area contributed by atoms with Gasteiger partial charge in [-0.25, -0.2) is 14.8 Å². The molecular formula is C33H39F3N6O6. The molecule has 0 radical (unpaired) electrons. The predicted octanol–water partition coefficient (Wildman–Crippen LogP) is 5.01. The van der Waals surface area contributed by atoms with Gasteiger partial charge in [0.15, 0.2) is 5.82 Å². The van der Waals surface area contributed by atoms with Gasteiger partial charge in [-0.1, -0.05) is 48.5 Å². The van der Waals surface area contributed by atoms with E-state index < -0.39 is 59.3 Å². The van der Waals surface area contributed by atoms with Gasteiger partial charge in [0.2, 0.25) is 5.91 Å². The number of aromatic nitrogens is 2. The molecule has 0 saturated heterocycles. The van der Waals surface area contributed by atoms with Crippen molar-refractivity contribution < 1.29 is 41.8 Å². The maximum Gasteiger partial charge on any atom is 0.416 e. The minimum absolute atomic E-state index is 0.0719. The molecule has 258 valence electrons. The Morgan fingerprint density at radius 3 is 2.19 bits per heavy atom. The summed E-state index contributed by atoms with van der Waals surface area (Å²) in [5, 5.41) is 4.90. The van der Waals surface area contributed by atoms with Crippen molar-refractivity contribution >= 4 is 35.3 Å². The van der Waals surface area contributed by atoms with Crippen LogP contribution in [0.4, 0.5) is 23.8 Å². The minimum atomic E-state index is -4.75. The highest BCUT2D eigenvalue weighted by molar-refractivity contribution is 6.45. The summed E-state index contributed by atoms with van der Waals surface area (Å²) < 4.78 is 53.8. The summed E-state index contributed by atoms with van der Waals surface area (Å²) in [6.07, 6.45) is -3.32. The second kappa shape index (κ2) is 15.2. The molecule has 0 bridgehead atoms. The van der Waals surface area contributed by atoms with Crippen LogP contribution in [0, 0.1) is 0 Å². The lowest BCUT2D eigenvalue weighted by Crippen LogP contribution is -2.51. The highest BCUT2D eigenvalue weighted by atomic mass is 19.4. The average molecular weight is 673 g/mol. The minimum Gasteiger partial charge on any atom is -0.444 e. The van der Waals surface area contributed by atoms with Crippen molar-refractivity contribution in [2.45, 2.75) is 64.6 Å². The Balaban J connectivity index is 1.91. The number of carbonyl (C=O) groups excluding carboxylic acids is 4. The molecule has 0 saturated carbocycles. The SMILES string of the molecule is CN(C)C(=O)C(c1ccccc1C(F)(F)F)n1cnc(NC(=O)C(COCc2ccccc2)=NC(=O)C(C)(C)NC(=O)OC(C)(C)C)c1. The van der Waals surface area contributed by atoms with E-state index >= 15 is 0 Å². The Labute approximate surface area is 276 Å². The van der Waals surface area contributed by atoms with E-state index in [0.29, 0.717) is 0 Å². The van der Waals surface area contributed by atoms with Crippen LogP contribution >= 0.6 is 0 Å². The number of benzene rings is 2. The molecule has 3 rings (SSSR count). The van der Waals surface area contributed by atoms with Gasteiger partial charge in [0, 0.05) is 20.3 Å². The molecule has 0 fully saturated rings. The van der Waals surface area contributed by atoms with E-state index in [2.05, 4.69) is 20.6 Å². The van der Waals surface area contributed by atoms with E-state index in [9.17, 15) is 32.3 Å². The maximum atomic E-state index is 13.9. The molecule has 0 spiro atoms. The second-order valence-electron chi connectivity index (χ2n) is 12.5. The van der Waals surface area contributed by atoms with Gasteiger partial charge >= 0.3 is 12.3 Å². The zero-order chi connectivity index (χ0) is 35.9. The van der Waals surface area contributed by atoms with Crippen LogP contribution in [0.15, 0.2) is 72.1 Å². The van der Waals surface area contributed by atoms with Gasteiger partial charge in [-0.2, -0.15) is 13.2 Å². The number of amides is 4. The van der Waals surface area contributed by atoms with Gasteiger partial charge in [0.25, 0.3) is 11.8 Å². The van der Waals surface area contributed by atoms with Crippen LogP contribution < -0.4 is 10.6 Å². The number of hydrogen-bond acceptors (Lipinski definition) is 7. The van der Waals surface area contributed by atoms with Crippen molar-refractivity contribution in [2.24, 2.45) is 4.99 Å². The van der Waals surface area contributed by atoms with E-state index in [1.807, 2.05) is 6.07 Å². The van der Waals surface area contributed by atoms with Crippen LogP contribution in [0.3, 0.4) is 0 Å². The largest absolute Gasteiger partial charge is 0.444 e.